The SMILES string of the molecule is CC(C)(C)OC(=O)N1CC[C@H](Nc2c(F)cncc2Br)C1. The molecule has 1 aromatic rings. The molecule has 0 bridgehead atoms. The van der Waals surface area contributed by atoms with Gasteiger partial charge >= 0.3 is 6.09 Å². The molecule has 1 aliphatic heterocycles. The summed E-state index contributed by atoms with van der Waals surface area (Å²) in [4.78, 5) is 17.4. The van der Waals surface area contributed by atoms with Crippen molar-refractivity contribution < 1.29 is 13.9 Å². The van der Waals surface area contributed by atoms with Gasteiger partial charge in [0.15, 0.2) is 5.82 Å². The smallest absolute Gasteiger partial charge is 0.410 e. The monoisotopic (exact) mass is 359 g/mol. The molecule has 0 radical (unpaired) electrons. The first kappa shape index (κ1) is 16.0. The summed E-state index contributed by atoms with van der Waals surface area (Å²) in [7, 11) is 0. The van der Waals surface area contributed by atoms with Crippen LogP contribution in [0.3, 0.4) is 0 Å². The number of carbonyl (C=O) groups is 1. The highest BCUT2D eigenvalue weighted by molar-refractivity contribution is 9.10. The van der Waals surface area contributed by atoms with Crippen LogP contribution in [0.5, 0.6) is 0 Å². The van der Waals surface area contributed by atoms with Crippen LogP contribution in [0.25, 0.3) is 0 Å². The number of amides is 1. The number of carbonyl (C=O) groups excluding carboxylic acids is 1. The summed E-state index contributed by atoms with van der Waals surface area (Å²) in [6, 6.07) is -0.00859. The number of hydrogen-bond acceptors (Lipinski definition) is 4. The van der Waals surface area contributed by atoms with E-state index in [-0.39, 0.29) is 12.1 Å². The fraction of sp³-hybridized carbons (Fsp3) is 0.571. The lowest BCUT2D eigenvalue weighted by molar-refractivity contribution is 0.0293. The molecular formula is C14H19BrFN3O2. The van der Waals surface area contributed by atoms with Crippen LogP contribution in [-0.2, 0) is 4.74 Å². The second-order valence-corrected chi connectivity index (χ2v) is 6.89. The average molecular weight is 360 g/mol. The molecule has 7 heteroatoms. The van der Waals surface area contributed by atoms with Crippen LogP contribution in [0.2, 0.25) is 0 Å². The number of pyridine rings is 1. The molecule has 0 unspecified atom stereocenters. The van der Waals surface area contributed by atoms with Gasteiger partial charge in [-0.25, -0.2) is 9.18 Å². The van der Waals surface area contributed by atoms with Crippen LogP contribution in [0.4, 0.5) is 14.9 Å². The van der Waals surface area contributed by atoms with E-state index < -0.39 is 11.4 Å². The molecule has 1 saturated heterocycles. The lowest BCUT2D eigenvalue weighted by Gasteiger charge is -2.24. The average Bonchev–Trinajstić information content (AvgIpc) is 2.80. The third kappa shape index (κ3) is 4.30. The highest BCUT2D eigenvalue weighted by Crippen LogP contribution is 2.26. The maximum absolute atomic E-state index is 13.7. The Balaban J connectivity index is 1.95. The molecule has 0 aromatic carbocycles. The lowest BCUT2D eigenvalue weighted by atomic mass is 10.2. The number of nitrogens with zero attached hydrogens (tertiary/aromatic N) is 2. The number of anilines is 1. The molecule has 0 saturated carbocycles. The first-order valence-corrected chi connectivity index (χ1v) is 7.59. The van der Waals surface area contributed by atoms with Gasteiger partial charge in [-0.1, -0.05) is 0 Å². The van der Waals surface area contributed by atoms with Gasteiger partial charge in [0, 0.05) is 25.3 Å². The van der Waals surface area contributed by atoms with Crippen molar-refractivity contribution in [2.75, 3.05) is 18.4 Å². The molecule has 21 heavy (non-hydrogen) atoms. The molecule has 1 N–H and O–H groups in total. The van der Waals surface area contributed by atoms with Gasteiger partial charge in [-0.3, -0.25) is 4.98 Å². The second kappa shape index (κ2) is 6.17. The largest absolute Gasteiger partial charge is 0.444 e. The van der Waals surface area contributed by atoms with Crippen LogP contribution in [0.15, 0.2) is 16.9 Å². The molecule has 5 nitrogen and oxygen atoms in total. The van der Waals surface area contributed by atoms with E-state index in [1.54, 1.807) is 4.90 Å². The number of aromatic nitrogens is 1. The molecule has 1 atom stereocenters. The highest BCUT2D eigenvalue weighted by atomic mass is 79.9. The Labute approximate surface area is 132 Å². The van der Waals surface area contributed by atoms with Crippen LogP contribution < -0.4 is 5.32 Å². The third-order valence-corrected chi connectivity index (χ3v) is 3.64. The van der Waals surface area contributed by atoms with Crippen molar-refractivity contribution >= 4 is 27.7 Å². The van der Waals surface area contributed by atoms with Crippen LogP contribution in [0.1, 0.15) is 27.2 Å². The molecular weight excluding hydrogens is 341 g/mol. The number of rotatable bonds is 2. The van der Waals surface area contributed by atoms with E-state index in [0.717, 1.165) is 12.6 Å². The van der Waals surface area contributed by atoms with E-state index in [9.17, 15) is 9.18 Å². The van der Waals surface area contributed by atoms with Crippen LogP contribution in [0, 0.1) is 5.82 Å². The lowest BCUT2D eigenvalue weighted by Crippen LogP contribution is -2.36. The first-order valence-electron chi connectivity index (χ1n) is 6.80. The Hall–Kier alpha value is -1.37. The summed E-state index contributed by atoms with van der Waals surface area (Å²) in [6.45, 7) is 6.58. The van der Waals surface area contributed by atoms with E-state index in [1.807, 2.05) is 20.8 Å². The van der Waals surface area contributed by atoms with E-state index in [2.05, 4.69) is 26.2 Å². The van der Waals surface area contributed by atoms with Crippen molar-refractivity contribution in [3.8, 4) is 0 Å². The Morgan fingerprint density at radius 2 is 2.24 bits per heavy atom. The van der Waals surface area contributed by atoms with Gasteiger partial charge in [0.2, 0.25) is 0 Å². The minimum Gasteiger partial charge on any atom is -0.444 e. The number of hydrogen-bond donors (Lipinski definition) is 1. The number of likely N-dealkylation sites (tertiary alicyclic amines) is 1. The summed E-state index contributed by atoms with van der Waals surface area (Å²) < 4.78 is 19.6. The molecule has 1 fully saturated rings. The standard InChI is InChI=1S/C14H19BrFN3O2/c1-14(2,3)21-13(20)19-5-4-9(8-19)18-12-10(15)6-17-7-11(12)16/h6-7,9H,4-5,8H2,1-3H3,(H,17,18)/t9-/m0/s1. The van der Waals surface area contributed by atoms with Gasteiger partial charge in [-0.05, 0) is 43.1 Å². The second-order valence-electron chi connectivity index (χ2n) is 6.03. The minimum absolute atomic E-state index is 0.00859. The van der Waals surface area contributed by atoms with Crippen molar-refractivity contribution in [3.05, 3.63) is 22.7 Å². The van der Waals surface area contributed by atoms with E-state index in [4.69, 9.17) is 4.74 Å². The predicted octanol–water partition coefficient (Wildman–Crippen LogP) is 3.40. The van der Waals surface area contributed by atoms with Crippen molar-refractivity contribution in [2.24, 2.45) is 0 Å². The summed E-state index contributed by atoms with van der Waals surface area (Å²) in [5, 5.41) is 3.11. The number of ether oxygens (including phenoxy) is 1. The molecule has 1 aliphatic rings. The Morgan fingerprint density at radius 1 is 1.52 bits per heavy atom. The maximum Gasteiger partial charge on any atom is 0.410 e. The van der Waals surface area contributed by atoms with Crippen molar-refractivity contribution in [1.29, 1.82) is 0 Å². The molecule has 2 rings (SSSR count). The highest BCUT2D eigenvalue weighted by Gasteiger charge is 2.30. The van der Waals surface area contributed by atoms with Gasteiger partial charge in [0.05, 0.1) is 16.4 Å². The van der Waals surface area contributed by atoms with Gasteiger partial charge in [0.1, 0.15) is 5.60 Å². The van der Waals surface area contributed by atoms with Crippen molar-refractivity contribution in [3.63, 3.8) is 0 Å². The summed E-state index contributed by atoms with van der Waals surface area (Å²) in [5.74, 6) is -0.417. The summed E-state index contributed by atoms with van der Waals surface area (Å²) >= 11 is 3.27. The van der Waals surface area contributed by atoms with Gasteiger partial charge in [0.25, 0.3) is 0 Å². The quantitative estimate of drug-likeness (QED) is 0.878. The topological polar surface area (TPSA) is 54.5 Å². The molecule has 0 spiro atoms. The molecule has 0 aliphatic carbocycles. The third-order valence-electron chi connectivity index (χ3n) is 3.04. The van der Waals surface area contributed by atoms with Gasteiger partial charge < -0.3 is 15.0 Å². The zero-order valence-electron chi connectivity index (χ0n) is 12.3. The molecule has 2 heterocycles. The Kier molecular flexibility index (Phi) is 4.70. The zero-order chi connectivity index (χ0) is 15.6. The van der Waals surface area contributed by atoms with E-state index in [1.165, 1.54) is 6.20 Å². The predicted molar refractivity (Wildman–Crippen MR) is 81.7 cm³/mol. The van der Waals surface area contributed by atoms with Crippen molar-refractivity contribution in [1.82, 2.24) is 9.88 Å². The zero-order valence-corrected chi connectivity index (χ0v) is 13.9. The minimum atomic E-state index is -0.511. The maximum atomic E-state index is 13.7. The number of nitrogens with one attached hydrogen (secondary N) is 1. The van der Waals surface area contributed by atoms with Crippen LogP contribution in [-0.4, -0.2) is 40.7 Å². The van der Waals surface area contributed by atoms with Gasteiger partial charge in [-0.15, -0.1) is 0 Å². The van der Waals surface area contributed by atoms with Crippen molar-refractivity contribution in [2.45, 2.75) is 38.8 Å². The summed E-state index contributed by atoms with van der Waals surface area (Å²) in [6.07, 6.45) is 3.11. The molecule has 1 aromatic heterocycles. The van der Waals surface area contributed by atoms with E-state index >= 15 is 0 Å². The molecule has 116 valence electrons. The fourth-order valence-corrected chi connectivity index (χ4v) is 2.55. The number of halogens is 2. The van der Waals surface area contributed by atoms with Crippen LogP contribution >= 0.6 is 15.9 Å². The first-order chi connectivity index (χ1) is 9.76. The Bertz CT molecular complexity index is 513. The van der Waals surface area contributed by atoms with Gasteiger partial charge in [-0.2, -0.15) is 0 Å². The molecule has 1 amide bonds. The van der Waals surface area contributed by atoms with E-state index in [0.29, 0.717) is 23.2 Å². The summed E-state index contributed by atoms with van der Waals surface area (Å²) in [5.41, 5.74) is -0.135. The fourth-order valence-electron chi connectivity index (χ4n) is 2.12. The Morgan fingerprint density at radius 3 is 2.86 bits per heavy atom. The normalized spacial score (nSPS) is 18.7.